The second-order valence-corrected chi connectivity index (χ2v) is 17.7. The minimum Gasteiger partial charge on any atom is -0.455 e. The second kappa shape index (κ2) is 13.8. The van der Waals surface area contributed by atoms with Gasteiger partial charge in [-0.1, -0.05) is 119 Å². The molecule has 9 aromatic carbocycles. The number of aromatic nitrogens is 2. The predicted molar refractivity (Wildman–Crippen MR) is 269 cm³/mol. The van der Waals surface area contributed by atoms with E-state index >= 15 is 0 Å². The van der Waals surface area contributed by atoms with E-state index in [0.717, 1.165) is 98.6 Å². The van der Waals surface area contributed by atoms with Gasteiger partial charge in [-0.3, -0.25) is 0 Å². The van der Waals surface area contributed by atoms with Crippen LogP contribution in [0.25, 0.3) is 121 Å². The van der Waals surface area contributed by atoms with E-state index in [1.807, 2.05) is 60.7 Å². The van der Waals surface area contributed by atoms with E-state index < -0.39 is 0 Å². The van der Waals surface area contributed by atoms with Crippen molar-refractivity contribution in [3.05, 3.63) is 191 Å². The SMILES string of the molecule is Cc1ccc2c(c1)c1cc(C)ccc1n2-c1c(C#N)c(-c2cccc3c2oc2ccccc23)c(-n2c3ccc(C)cc3c3cc(C)ccc32)c(C#N)c1-c1cccc2c1oc1ccccc12. The van der Waals surface area contributed by atoms with Gasteiger partial charge in [0.05, 0.1) is 44.6 Å². The van der Waals surface area contributed by atoms with Crippen LogP contribution in [0, 0.1) is 50.4 Å². The number of furan rings is 2. The molecule has 0 radical (unpaired) electrons. The van der Waals surface area contributed by atoms with Gasteiger partial charge in [0.15, 0.2) is 0 Å². The molecule has 0 aliphatic heterocycles. The number of fused-ring (bicyclic) bond motifs is 12. The molecule has 4 aromatic heterocycles. The summed E-state index contributed by atoms with van der Waals surface area (Å²) in [5.41, 5.74) is 15.5. The van der Waals surface area contributed by atoms with Crippen LogP contribution in [-0.2, 0) is 0 Å². The fourth-order valence-electron chi connectivity index (χ4n) is 10.8. The molecule has 0 saturated heterocycles. The Hall–Kier alpha value is -8.84. The molecule has 0 unspecified atom stereocenters. The van der Waals surface area contributed by atoms with Crippen molar-refractivity contribution >= 4 is 87.5 Å². The first kappa shape index (κ1) is 37.7. The number of hydrogen-bond donors (Lipinski definition) is 0. The fourth-order valence-corrected chi connectivity index (χ4v) is 10.8. The molecule has 13 rings (SSSR count). The Bertz CT molecular complexity index is 3970. The average molecular weight is 847 g/mol. The largest absolute Gasteiger partial charge is 0.455 e. The molecule has 0 bridgehead atoms. The number of para-hydroxylation sites is 4. The van der Waals surface area contributed by atoms with Gasteiger partial charge in [-0.2, -0.15) is 10.5 Å². The third-order valence-electron chi connectivity index (χ3n) is 13.6. The molecule has 0 fully saturated rings. The highest BCUT2D eigenvalue weighted by molar-refractivity contribution is 6.18. The van der Waals surface area contributed by atoms with E-state index in [-0.39, 0.29) is 0 Å². The topological polar surface area (TPSA) is 83.7 Å². The van der Waals surface area contributed by atoms with Gasteiger partial charge in [0, 0.05) is 65.3 Å². The third kappa shape index (κ3) is 5.16. The maximum absolute atomic E-state index is 12.3. The average Bonchev–Trinajstić information content (AvgIpc) is 4.08. The maximum Gasteiger partial charge on any atom is 0.143 e. The monoisotopic (exact) mass is 846 g/mol. The molecular weight excluding hydrogens is 809 g/mol. The van der Waals surface area contributed by atoms with Crippen LogP contribution in [0.2, 0.25) is 0 Å². The summed E-state index contributed by atoms with van der Waals surface area (Å²) < 4.78 is 18.2. The molecule has 4 heterocycles. The summed E-state index contributed by atoms with van der Waals surface area (Å²) >= 11 is 0. The Morgan fingerprint density at radius 1 is 0.364 bits per heavy atom. The van der Waals surface area contributed by atoms with Crippen molar-refractivity contribution in [3.8, 4) is 45.8 Å². The first-order valence-electron chi connectivity index (χ1n) is 22.2. The Morgan fingerprint density at radius 2 is 0.697 bits per heavy atom. The molecule has 0 saturated carbocycles. The highest BCUT2D eigenvalue weighted by Crippen LogP contribution is 2.52. The molecule has 6 nitrogen and oxygen atoms in total. The van der Waals surface area contributed by atoms with Crippen molar-refractivity contribution in [2.45, 2.75) is 27.7 Å². The molecule has 0 aliphatic rings. The molecule has 0 aliphatic carbocycles. The quantitative estimate of drug-likeness (QED) is 0.177. The maximum atomic E-state index is 12.3. The fraction of sp³-hybridized carbons (Fsp3) is 0.0667. The number of nitriles is 2. The van der Waals surface area contributed by atoms with Crippen LogP contribution in [0.4, 0.5) is 0 Å². The zero-order valence-corrected chi connectivity index (χ0v) is 36.6. The van der Waals surface area contributed by atoms with Gasteiger partial charge in [-0.25, -0.2) is 0 Å². The van der Waals surface area contributed by atoms with Gasteiger partial charge >= 0.3 is 0 Å². The summed E-state index contributed by atoms with van der Waals surface area (Å²) in [6.45, 7) is 8.43. The van der Waals surface area contributed by atoms with Gasteiger partial charge < -0.3 is 18.0 Å². The molecule has 6 heteroatoms. The number of aryl methyl sites for hydroxylation is 4. The minimum absolute atomic E-state index is 0.397. The predicted octanol–water partition coefficient (Wildman–Crippen LogP) is 16.0. The summed E-state index contributed by atoms with van der Waals surface area (Å²) in [5, 5.41) is 32.6. The second-order valence-electron chi connectivity index (χ2n) is 17.7. The van der Waals surface area contributed by atoms with Crippen molar-refractivity contribution in [2.24, 2.45) is 0 Å². The number of hydrogen-bond acceptors (Lipinski definition) is 4. The Kier molecular flexibility index (Phi) is 7.90. The Labute approximate surface area is 379 Å². The zero-order chi connectivity index (χ0) is 44.5. The van der Waals surface area contributed by atoms with Gasteiger partial charge in [0.25, 0.3) is 0 Å². The molecule has 0 N–H and O–H groups in total. The van der Waals surface area contributed by atoms with Crippen molar-refractivity contribution in [1.82, 2.24) is 9.13 Å². The third-order valence-corrected chi connectivity index (χ3v) is 13.6. The summed E-state index contributed by atoms with van der Waals surface area (Å²) in [6.07, 6.45) is 0. The first-order chi connectivity index (χ1) is 32.3. The van der Waals surface area contributed by atoms with E-state index in [1.165, 1.54) is 0 Å². The summed E-state index contributed by atoms with van der Waals surface area (Å²) in [4.78, 5) is 0. The highest BCUT2D eigenvalue weighted by atomic mass is 16.3. The minimum atomic E-state index is 0.397. The van der Waals surface area contributed by atoms with Crippen molar-refractivity contribution < 1.29 is 8.83 Å². The molecule has 13 aromatic rings. The van der Waals surface area contributed by atoms with E-state index in [2.05, 4.69) is 146 Å². The lowest BCUT2D eigenvalue weighted by molar-refractivity contribution is 0.669. The molecule has 0 spiro atoms. The van der Waals surface area contributed by atoms with E-state index in [4.69, 9.17) is 8.83 Å². The van der Waals surface area contributed by atoms with Crippen molar-refractivity contribution in [3.63, 3.8) is 0 Å². The Morgan fingerprint density at radius 3 is 1.05 bits per heavy atom. The van der Waals surface area contributed by atoms with Crippen LogP contribution in [0.5, 0.6) is 0 Å². The number of benzene rings is 9. The standard InChI is InChI=1S/C60H38N4O2/c1-33-19-23-49-43(27-33)44-28-34(2)20-24-50(44)63(49)57-47(31-61)56(42-16-10-14-40-38-12-6-8-18-54(38)66-60(40)42)58(64-51-25-21-35(3)29-45(51)46-30-36(4)22-26-52(46)64)48(32-62)55(57)41-15-9-13-39-37-11-5-7-17-53(37)65-59(39)41/h5-30H,1-4H3. The van der Waals surface area contributed by atoms with Gasteiger partial charge in [-0.05, 0) is 88.4 Å². The van der Waals surface area contributed by atoms with E-state index in [1.54, 1.807) is 0 Å². The highest BCUT2D eigenvalue weighted by Gasteiger charge is 2.34. The molecule has 0 atom stereocenters. The lowest BCUT2D eigenvalue weighted by Gasteiger charge is -2.25. The molecule has 310 valence electrons. The van der Waals surface area contributed by atoms with Crippen molar-refractivity contribution in [2.75, 3.05) is 0 Å². The lowest BCUT2D eigenvalue weighted by Crippen LogP contribution is -2.11. The first-order valence-corrected chi connectivity index (χ1v) is 22.2. The normalized spacial score (nSPS) is 11.9. The zero-order valence-electron chi connectivity index (χ0n) is 36.6. The van der Waals surface area contributed by atoms with E-state index in [9.17, 15) is 10.5 Å². The van der Waals surface area contributed by atoms with E-state index in [0.29, 0.717) is 55.9 Å². The van der Waals surface area contributed by atoms with Crippen LogP contribution in [0.15, 0.2) is 167 Å². The lowest BCUT2D eigenvalue weighted by atomic mass is 9.85. The van der Waals surface area contributed by atoms with Crippen LogP contribution in [0.1, 0.15) is 33.4 Å². The van der Waals surface area contributed by atoms with Gasteiger partial charge in [0.1, 0.15) is 34.5 Å². The summed E-state index contributed by atoms with van der Waals surface area (Å²) in [7, 11) is 0. The Balaban J connectivity index is 1.34. The molecular formula is C60H38N4O2. The van der Waals surface area contributed by atoms with Crippen LogP contribution in [-0.4, -0.2) is 9.13 Å². The van der Waals surface area contributed by atoms with Crippen LogP contribution in [0.3, 0.4) is 0 Å². The van der Waals surface area contributed by atoms with Crippen LogP contribution < -0.4 is 0 Å². The summed E-state index contributed by atoms with van der Waals surface area (Å²) in [5.74, 6) is 0. The molecule has 66 heavy (non-hydrogen) atoms. The number of nitrogens with zero attached hydrogens (tertiary/aromatic N) is 4. The van der Waals surface area contributed by atoms with Crippen molar-refractivity contribution in [1.29, 1.82) is 10.5 Å². The summed E-state index contributed by atoms with van der Waals surface area (Å²) in [6, 6.07) is 60.0. The van der Waals surface area contributed by atoms with Crippen LogP contribution >= 0.6 is 0 Å². The van der Waals surface area contributed by atoms with Gasteiger partial charge in [0.2, 0.25) is 0 Å². The molecule has 0 amide bonds. The van der Waals surface area contributed by atoms with Gasteiger partial charge in [-0.15, -0.1) is 0 Å². The number of rotatable bonds is 4. The smallest absolute Gasteiger partial charge is 0.143 e.